The molecule has 33 heavy (non-hydrogen) atoms. The van der Waals surface area contributed by atoms with Gasteiger partial charge in [0.2, 0.25) is 5.95 Å². The van der Waals surface area contributed by atoms with Gasteiger partial charge in [-0.25, -0.2) is 9.78 Å². The van der Waals surface area contributed by atoms with Crippen molar-refractivity contribution in [1.29, 1.82) is 0 Å². The fourth-order valence-corrected chi connectivity index (χ4v) is 3.64. The minimum Gasteiger partial charge on any atom is -0.357 e. The average molecular weight is 441 g/mol. The average Bonchev–Trinajstić information content (AvgIpc) is 2.81. The van der Waals surface area contributed by atoms with Gasteiger partial charge in [0, 0.05) is 41.9 Å². The quantitative estimate of drug-likeness (QED) is 0.320. The van der Waals surface area contributed by atoms with Crippen LogP contribution >= 0.6 is 0 Å². The predicted molar refractivity (Wildman–Crippen MR) is 137 cm³/mol. The van der Waals surface area contributed by atoms with E-state index in [1.807, 2.05) is 79.7 Å². The molecule has 7 nitrogen and oxygen atoms in total. The molecule has 0 aliphatic carbocycles. The summed E-state index contributed by atoms with van der Waals surface area (Å²) in [6.45, 7) is 7.94. The van der Waals surface area contributed by atoms with E-state index in [-0.39, 0.29) is 6.03 Å². The number of urea groups is 1. The van der Waals surface area contributed by atoms with E-state index < -0.39 is 0 Å². The van der Waals surface area contributed by atoms with Gasteiger partial charge in [-0.15, -0.1) is 0 Å². The van der Waals surface area contributed by atoms with Crippen LogP contribution in [0.15, 0.2) is 72.8 Å². The van der Waals surface area contributed by atoms with E-state index in [9.17, 15) is 4.79 Å². The maximum atomic E-state index is 12.4. The van der Waals surface area contributed by atoms with Gasteiger partial charge in [0.05, 0.1) is 0 Å². The number of carbonyl (C=O) groups excluding carboxylic acids is 1. The van der Waals surface area contributed by atoms with Crippen molar-refractivity contribution in [1.82, 2.24) is 9.97 Å². The summed E-state index contributed by atoms with van der Waals surface area (Å²) in [6, 6.07) is 23.0. The summed E-state index contributed by atoms with van der Waals surface area (Å²) in [6.07, 6.45) is 0. The number of hydrogen-bond acceptors (Lipinski definition) is 5. The van der Waals surface area contributed by atoms with Crippen LogP contribution in [0.4, 0.5) is 33.6 Å². The first kappa shape index (κ1) is 22.1. The summed E-state index contributed by atoms with van der Waals surface area (Å²) in [4.78, 5) is 23.7. The lowest BCUT2D eigenvalue weighted by molar-refractivity contribution is 0.262. The lowest BCUT2D eigenvalue weighted by Crippen LogP contribution is -2.23. The molecule has 0 radical (unpaired) electrons. The van der Waals surface area contributed by atoms with Crippen LogP contribution in [0.3, 0.4) is 0 Å². The zero-order valence-corrected chi connectivity index (χ0v) is 19.1. The van der Waals surface area contributed by atoms with Crippen molar-refractivity contribution in [2.45, 2.75) is 20.8 Å². The number of hydrogen-bond donors (Lipinski definition) is 3. The third-order valence-corrected chi connectivity index (χ3v) is 5.33. The molecular formula is C26H28N6O. The molecule has 1 aromatic heterocycles. The van der Waals surface area contributed by atoms with E-state index in [0.29, 0.717) is 11.6 Å². The van der Waals surface area contributed by atoms with Gasteiger partial charge in [-0.1, -0.05) is 30.3 Å². The fourth-order valence-electron chi connectivity index (χ4n) is 3.64. The number of nitrogens with one attached hydrogen (secondary N) is 3. The highest BCUT2D eigenvalue weighted by Gasteiger charge is 2.08. The number of rotatable bonds is 7. The zero-order valence-electron chi connectivity index (χ0n) is 19.1. The van der Waals surface area contributed by atoms with Crippen molar-refractivity contribution in [3.05, 3.63) is 78.5 Å². The van der Waals surface area contributed by atoms with Crippen LogP contribution in [0.5, 0.6) is 0 Å². The molecule has 168 valence electrons. The predicted octanol–water partition coefficient (Wildman–Crippen LogP) is 6.17. The monoisotopic (exact) mass is 440 g/mol. The topological polar surface area (TPSA) is 82.2 Å². The summed E-state index contributed by atoms with van der Waals surface area (Å²) < 4.78 is 0. The van der Waals surface area contributed by atoms with E-state index in [0.717, 1.165) is 46.7 Å². The molecule has 0 unspecified atom stereocenters. The number of amides is 2. The molecule has 7 heteroatoms. The molecule has 0 atom stereocenters. The van der Waals surface area contributed by atoms with Crippen LogP contribution in [0.25, 0.3) is 10.8 Å². The Morgan fingerprint density at radius 3 is 2.15 bits per heavy atom. The van der Waals surface area contributed by atoms with Crippen molar-refractivity contribution in [2.24, 2.45) is 0 Å². The van der Waals surface area contributed by atoms with E-state index in [1.54, 1.807) is 0 Å². The van der Waals surface area contributed by atoms with E-state index >= 15 is 0 Å². The van der Waals surface area contributed by atoms with Gasteiger partial charge >= 0.3 is 6.03 Å². The summed E-state index contributed by atoms with van der Waals surface area (Å²) in [5.41, 5.74) is 3.17. The number of nitrogens with zero attached hydrogens (tertiary/aromatic N) is 3. The Bertz CT molecular complexity index is 1250. The second-order valence-corrected chi connectivity index (χ2v) is 7.71. The number of benzene rings is 3. The number of fused-ring (bicyclic) bond motifs is 1. The van der Waals surface area contributed by atoms with Crippen LogP contribution < -0.4 is 20.9 Å². The maximum absolute atomic E-state index is 12.4. The maximum Gasteiger partial charge on any atom is 0.323 e. The van der Waals surface area contributed by atoms with Crippen molar-refractivity contribution >= 4 is 45.6 Å². The van der Waals surface area contributed by atoms with Crippen LogP contribution in [0.2, 0.25) is 0 Å². The Kier molecular flexibility index (Phi) is 6.69. The van der Waals surface area contributed by atoms with Gasteiger partial charge in [-0.3, -0.25) is 0 Å². The third kappa shape index (κ3) is 5.57. The highest BCUT2D eigenvalue weighted by molar-refractivity contribution is 6.01. The van der Waals surface area contributed by atoms with Crippen molar-refractivity contribution in [2.75, 3.05) is 33.9 Å². The molecular weight excluding hydrogens is 412 g/mol. The lowest BCUT2D eigenvalue weighted by atomic mass is 10.1. The van der Waals surface area contributed by atoms with Crippen LogP contribution in [0.1, 0.15) is 19.5 Å². The van der Waals surface area contributed by atoms with Gasteiger partial charge in [0.15, 0.2) is 0 Å². The second-order valence-electron chi connectivity index (χ2n) is 7.71. The van der Waals surface area contributed by atoms with Gasteiger partial charge in [0.25, 0.3) is 0 Å². The van der Waals surface area contributed by atoms with Crippen molar-refractivity contribution in [3.8, 4) is 0 Å². The van der Waals surface area contributed by atoms with Gasteiger partial charge in [-0.2, -0.15) is 4.98 Å². The number of anilines is 5. The summed E-state index contributed by atoms with van der Waals surface area (Å²) in [5.74, 6) is 1.45. The molecule has 3 aromatic carbocycles. The second kappa shape index (κ2) is 9.99. The molecule has 0 fully saturated rings. The lowest BCUT2D eigenvalue weighted by Gasteiger charge is -2.20. The van der Waals surface area contributed by atoms with E-state index in [4.69, 9.17) is 0 Å². The molecule has 0 aliphatic heterocycles. The Balaban J connectivity index is 1.39. The van der Waals surface area contributed by atoms with Crippen molar-refractivity contribution in [3.63, 3.8) is 0 Å². The number of aromatic nitrogens is 2. The van der Waals surface area contributed by atoms with E-state index in [1.165, 1.54) is 0 Å². The summed E-state index contributed by atoms with van der Waals surface area (Å²) in [7, 11) is 0. The minimum absolute atomic E-state index is 0.295. The Labute approximate surface area is 193 Å². The molecule has 0 bridgehead atoms. The fraction of sp³-hybridized carbons (Fsp3) is 0.192. The minimum atomic E-state index is -0.295. The summed E-state index contributed by atoms with van der Waals surface area (Å²) in [5, 5.41) is 11.2. The van der Waals surface area contributed by atoms with E-state index in [2.05, 4.69) is 44.7 Å². The number of aryl methyl sites for hydroxylation is 1. The van der Waals surface area contributed by atoms with Gasteiger partial charge in [0.1, 0.15) is 5.82 Å². The SMILES string of the molecule is CCN(CC)c1cc(C)nc(Nc2ccc(NC(=O)Nc3ccc4ccccc4c3)cc2)n1. The first-order chi connectivity index (χ1) is 16.0. The first-order valence-electron chi connectivity index (χ1n) is 11.1. The van der Waals surface area contributed by atoms with Crippen LogP contribution in [-0.4, -0.2) is 29.1 Å². The van der Waals surface area contributed by atoms with Crippen LogP contribution in [-0.2, 0) is 0 Å². The summed E-state index contributed by atoms with van der Waals surface area (Å²) >= 11 is 0. The Morgan fingerprint density at radius 2 is 1.42 bits per heavy atom. The highest BCUT2D eigenvalue weighted by Crippen LogP contribution is 2.21. The molecule has 4 aromatic rings. The Morgan fingerprint density at radius 1 is 0.788 bits per heavy atom. The normalized spacial score (nSPS) is 10.6. The standard InChI is InChI=1S/C26H28N6O/c1-4-32(5-2)24-16-18(3)27-25(31-24)28-21-12-14-22(15-13-21)29-26(33)30-23-11-10-19-8-6-7-9-20(19)17-23/h6-17H,4-5H2,1-3H3,(H,27,28,31)(H2,29,30,33). The molecule has 0 saturated heterocycles. The molecule has 4 rings (SSSR count). The molecule has 1 heterocycles. The molecule has 3 N–H and O–H groups in total. The van der Waals surface area contributed by atoms with Crippen molar-refractivity contribution < 1.29 is 4.79 Å². The molecule has 2 amide bonds. The third-order valence-electron chi connectivity index (χ3n) is 5.33. The highest BCUT2D eigenvalue weighted by atomic mass is 16.2. The molecule has 0 aliphatic rings. The first-order valence-corrected chi connectivity index (χ1v) is 11.1. The van der Waals surface area contributed by atoms with Crippen LogP contribution in [0, 0.1) is 6.92 Å². The molecule has 0 saturated carbocycles. The largest absolute Gasteiger partial charge is 0.357 e. The zero-order chi connectivity index (χ0) is 23.2. The smallest absolute Gasteiger partial charge is 0.323 e. The van der Waals surface area contributed by atoms with Gasteiger partial charge < -0.3 is 20.9 Å². The number of carbonyl (C=O) groups is 1. The Hall–Kier alpha value is -4.13. The molecule has 0 spiro atoms. The van der Waals surface area contributed by atoms with Gasteiger partial charge in [-0.05, 0) is 67.9 Å².